The molecule has 0 radical (unpaired) electrons. The van der Waals surface area contributed by atoms with E-state index in [1.165, 1.54) is 26.0 Å². The molecule has 0 bridgehead atoms. The standard InChI is InChI=1S/C14H20F3N3O3S.ClH/c1-9(2)12(13(21)19-8-14(16,17)7-18)20-24(22,23)11-6-4-3-5-10(11)15;/h3-6,9,12,20H,7-8,18H2,1-2H3,(H,19,21);1H. The minimum Gasteiger partial charge on any atom is -0.349 e. The highest BCUT2D eigenvalue weighted by Crippen LogP contribution is 2.16. The lowest BCUT2D eigenvalue weighted by Gasteiger charge is -2.23. The fraction of sp³-hybridized carbons (Fsp3) is 0.500. The lowest BCUT2D eigenvalue weighted by Crippen LogP contribution is -2.52. The van der Waals surface area contributed by atoms with Gasteiger partial charge in [-0.05, 0) is 18.1 Å². The van der Waals surface area contributed by atoms with Crippen LogP contribution in [0.4, 0.5) is 13.2 Å². The predicted octanol–water partition coefficient (Wildman–Crippen LogP) is 1.26. The van der Waals surface area contributed by atoms with Crippen LogP contribution in [0.25, 0.3) is 0 Å². The van der Waals surface area contributed by atoms with E-state index in [1.807, 2.05) is 10.0 Å². The van der Waals surface area contributed by atoms with Crippen molar-refractivity contribution in [1.82, 2.24) is 10.0 Å². The number of halogens is 4. The predicted molar refractivity (Wildman–Crippen MR) is 89.6 cm³/mol. The number of benzene rings is 1. The van der Waals surface area contributed by atoms with E-state index in [4.69, 9.17) is 5.73 Å². The molecule has 25 heavy (non-hydrogen) atoms. The summed E-state index contributed by atoms with van der Waals surface area (Å²) in [6.07, 6.45) is 0. The average molecular weight is 404 g/mol. The Labute approximate surface area is 150 Å². The maximum Gasteiger partial charge on any atom is 0.277 e. The van der Waals surface area contributed by atoms with E-state index >= 15 is 0 Å². The highest BCUT2D eigenvalue weighted by atomic mass is 35.5. The number of carbonyl (C=O) groups is 1. The second kappa shape index (κ2) is 9.37. The highest BCUT2D eigenvalue weighted by molar-refractivity contribution is 7.89. The number of amides is 1. The van der Waals surface area contributed by atoms with Crippen molar-refractivity contribution in [1.29, 1.82) is 0 Å². The Hall–Kier alpha value is -1.36. The summed E-state index contributed by atoms with van der Waals surface area (Å²) < 4.78 is 66.4. The van der Waals surface area contributed by atoms with E-state index in [0.717, 1.165) is 12.1 Å². The lowest BCUT2D eigenvalue weighted by atomic mass is 10.1. The summed E-state index contributed by atoms with van der Waals surface area (Å²) >= 11 is 0. The van der Waals surface area contributed by atoms with Crippen molar-refractivity contribution in [2.45, 2.75) is 30.7 Å². The van der Waals surface area contributed by atoms with Crippen molar-refractivity contribution in [3.05, 3.63) is 30.1 Å². The van der Waals surface area contributed by atoms with E-state index < -0.39 is 57.6 Å². The number of rotatable bonds is 8. The molecule has 0 saturated carbocycles. The number of hydrogen-bond donors (Lipinski definition) is 3. The smallest absolute Gasteiger partial charge is 0.277 e. The molecule has 1 amide bonds. The van der Waals surface area contributed by atoms with Crippen LogP contribution in [0.15, 0.2) is 29.2 Å². The third-order valence-corrected chi connectivity index (χ3v) is 4.65. The van der Waals surface area contributed by atoms with Crippen molar-refractivity contribution >= 4 is 28.3 Å². The van der Waals surface area contributed by atoms with Crippen LogP contribution in [0.5, 0.6) is 0 Å². The van der Waals surface area contributed by atoms with Gasteiger partial charge in [-0.25, -0.2) is 21.6 Å². The summed E-state index contributed by atoms with van der Waals surface area (Å²) in [5, 5.41) is 1.95. The number of sulfonamides is 1. The van der Waals surface area contributed by atoms with Gasteiger partial charge in [-0.2, -0.15) is 4.72 Å². The first kappa shape index (κ1) is 23.6. The second-order valence-electron chi connectivity index (χ2n) is 5.55. The number of nitrogens with two attached hydrogens (primary N) is 1. The largest absolute Gasteiger partial charge is 0.349 e. The number of hydrogen-bond acceptors (Lipinski definition) is 4. The summed E-state index contributed by atoms with van der Waals surface area (Å²) in [4.78, 5) is 11.4. The second-order valence-corrected chi connectivity index (χ2v) is 7.23. The van der Waals surface area contributed by atoms with Crippen molar-refractivity contribution in [3.8, 4) is 0 Å². The summed E-state index contributed by atoms with van der Waals surface area (Å²) in [7, 11) is -4.34. The molecule has 0 heterocycles. The van der Waals surface area contributed by atoms with Crippen molar-refractivity contribution < 1.29 is 26.4 Å². The van der Waals surface area contributed by atoms with E-state index in [1.54, 1.807) is 0 Å². The van der Waals surface area contributed by atoms with Crippen LogP contribution >= 0.6 is 12.4 Å². The van der Waals surface area contributed by atoms with Crippen molar-refractivity contribution in [3.63, 3.8) is 0 Å². The fourth-order valence-electron chi connectivity index (χ4n) is 1.78. The van der Waals surface area contributed by atoms with Gasteiger partial charge in [0.2, 0.25) is 15.9 Å². The Morgan fingerprint density at radius 3 is 2.32 bits per heavy atom. The van der Waals surface area contributed by atoms with E-state index in [-0.39, 0.29) is 12.4 Å². The maximum absolute atomic E-state index is 13.7. The van der Waals surface area contributed by atoms with Gasteiger partial charge >= 0.3 is 0 Å². The molecule has 11 heteroatoms. The molecule has 0 aliphatic rings. The van der Waals surface area contributed by atoms with Gasteiger partial charge in [0.25, 0.3) is 5.92 Å². The van der Waals surface area contributed by atoms with Gasteiger partial charge in [-0.1, -0.05) is 26.0 Å². The van der Waals surface area contributed by atoms with Gasteiger partial charge in [0.1, 0.15) is 16.8 Å². The van der Waals surface area contributed by atoms with Gasteiger partial charge in [-0.15, -0.1) is 12.4 Å². The quantitative estimate of drug-likeness (QED) is 0.608. The molecule has 0 fully saturated rings. The molecule has 6 nitrogen and oxygen atoms in total. The average Bonchev–Trinajstić information content (AvgIpc) is 2.50. The first-order chi connectivity index (χ1) is 11.0. The van der Waals surface area contributed by atoms with E-state index in [2.05, 4.69) is 0 Å². The Balaban J connectivity index is 0.00000576. The van der Waals surface area contributed by atoms with Gasteiger partial charge < -0.3 is 11.1 Å². The molecule has 0 spiro atoms. The molecule has 1 aromatic rings. The highest BCUT2D eigenvalue weighted by Gasteiger charge is 2.33. The molecule has 1 unspecified atom stereocenters. The Morgan fingerprint density at radius 1 is 1.28 bits per heavy atom. The zero-order chi connectivity index (χ0) is 18.5. The van der Waals surface area contributed by atoms with E-state index in [9.17, 15) is 26.4 Å². The summed E-state index contributed by atoms with van der Waals surface area (Å²) in [6.45, 7) is 1.07. The summed E-state index contributed by atoms with van der Waals surface area (Å²) in [5.41, 5.74) is 4.87. The van der Waals surface area contributed by atoms with Gasteiger partial charge in [-0.3, -0.25) is 4.79 Å². The third-order valence-electron chi connectivity index (χ3n) is 3.18. The van der Waals surface area contributed by atoms with E-state index in [0.29, 0.717) is 0 Å². The maximum atomic E-state index is 13.7. The molecule has 4 N–H and O–H groups in total. The molecule has 144 valence electrons. The third kappa shape index (κ3) is 6.81. The zero-order valence-electron chi connectivity index (χ0n) is 13.6. The number of carbonyl (C=O) groups excluding carboxylic acids is 1. The Kier molecular flexibility index (Phi) is 8.86. The number of alkyl halides is 2. The SMILES string of the molecule is CC(C)C(NS(=O)(=O)c1ccccc1F)C(=O)NCC(F)(F)CN.Cl. The molecule has 0 saturated heterocycles. The Bertz CT molecular complexity index is 687. The van der Waals surface area contributed by atoms with Crippen LogP contribution in [0.2, 0.25) is 0 Å². The van der Waals surface area contributed by atoms with Crippen molar-refractivity contribution in [2.24, 2.45) is 11.7 Å². The lowest BCUT2D eigenvalue weighted by molar-refractivity contribution is -0.125. The molecular formula is C14H21ClF3N3O3S. The van der Waals surface area contributed by atoms with Crippen LogP contribution in [-0.4, -0.2) is 39.4 Å². The molecular weight excluding hydrogens is 383 g/mol. The van der Waals surface area contributed by atoms with Gasteiger partial charge in [0, 0.05) is 0 Å². The summed E-state index contributed by atoms with van der Waals surface area (Å²) in [5.74, 6) is -5.79. The number of nitrogens with one attached hydrogen (secondary N) is 2. The normalized spacial score (nSPS) is 13.2. The monoisotopic (exact) mass is 403 g/mol. The topological polar surface area (TPSA) is 101 Å². The minimum atomic E-state index is -4.34. The summed E-state index contributed by atoms with van der Waals surface area (Å²) in [6, 6.07) is 3.29. The van der Waals surface area contributed by atoms with Gasteiger partial charge in [0.05, 0.1) is 13.1 Å². The van der Waals surface area contributed by atoms with Crippen LogP contribution in [0, 0.1) is 11.7 Å². The molecule has 1 aromatic carbocycles. The van der Waals surface area contributed by atoms with Crippen LogP contribution in [-0.2, 0) is 14.8 Å². The van der Waals surface area contributed by atoms with Crippen LogP contribution in [0.3, 0.4) is 0 Å². The first-order valence-corrected chi connectivity index (χ1v) is 8.61. The molecule has 0 aliphatic heterocycles. The fourth-order valence-corrected chi connectivity index (χ4v) is 3.21. The Morgan fingerprint density at radius 2 is 1.84 bits per heavy atom. The van der Waals surface area contributed by atoms with Crippen LogP contribution < -0.4 is 15.8 Å². The molecule has 1 atom stereocenters. The minimum absolute atomic E-state index is 0. The molecule has 1 rings (SSSR count). The molecule has 0 aliphatic carbocycles. The molecule has 0 aromatic heterocycles. The van der Waals surface area contributed by atoms with Crippen molar-refractivity contribution in [2.75, 3.05) is 13.1 Å². The van der Waals surface area contributed by atoms with Crippen LogP contribution in [0.1, 0.15) is 13.8 Å². The zero-order valence-corrected chi connectivity index (χ0v) is 15.3. The first-order valence-electron chi connectivity index (χ1n) is 7.12. The van der Waals surface area contributed by atoms with Gasteiger partial charge in [0.15, 0.2) is 0 Å².